The molecular formula is C44H40N2O6S. The molecule has 4 unspecified atom stereocenters. The highest BCUT2D eigenvalue weighted by Crippen LogP contribution is 2.44. The van der Waals surface area contributed by atoms with E-state index in [9.17, 15) is 14.7 Å². The Morgan fingerprint density at radius 1 is 0.774 bits per heavy atom. The van der Waals surface area contributed by atoms with E-state index in [2.05, 4.69) is 12.2 Å². The van der Waals surface area contributed by atoms with E-state index < -0.39 is 6.29 Å². The second-order valence-electron chi connectivity index (χ2n) is 13.1. The number of Topliss-reactive ketones (excluding diaryl/α,β-unsaturated/α-hetero) is 1. The Balaban J connectivity index is 1.10. The molecule has 0 aliphatic carbocycles. The van der Waals surface area contributed by atoms with Crippen LogP contribution in [0.5, 0.6) is 0 Å². The van der Waals surface area contributed by atoms with Crippen molar-refractivity contribution in [2.24, 2.45) is 5.92 Å². The number of hydrogen-bond donors (Lipinski definition) is 2. The van der Waals surface area contributed by atoms with Gasteiger partial charge in [-0.05, 0) is 35.7 Å². The lowest BCUT2D eigenvalue weighted by Crippen LogP contribution is -2.38. The summed E-state index contributed by atoms with van der Waals surface area (Å²) in [6.45, 7) is 3.59. The molecule has 6 aromatic rings. The number of oxazole rings is 1. The number of nitrogens with one attached hydrogen (secondary N) is 1. The molecule has 8 nitrogen and oxygen atoms in total. The number of thioether (sulfide) groups is 1. The average molecular weight is 725 g/mol. The zero-order chi connectivity index (χ0) is 36.7. The SMILES string of the molecule is CC(=O)c1cccc(NC(=O)Cc2ccc(C3OC(CSc4nc(-c5ccccc5)c(-c5ccccc5)o4)C(C)C(c4ccc(CO)cc4)O3)cc2)c1. The molecule has 0 saturated carbocycles. The lowest BCUT2D eigenvalue weighted by atomic mass is 9.91. The molecule has 0 radical (unpaired) electrons. The minimum Gasteiger partial charge on any atom is -0.431 e. The molecule has 1 aromatic heterocycles. The molecule has 4 atom stereocenters. The van der Waals surface area contributed by atoms with E-state index >= 15 is 0 Å². The molecule has 9 heteroatoms. The highest BCUT2D eigenvalue weighted by molar-refractivity contribution is 7.99. The van der Waals surface area contributed by atoms with Gasteiger partial charge in [0, 0.05) is 39.6 Å². The van der Waals surface area contributed by atoms with Gasteiger partial charge >= 0.3 is 0 Å². The molecule has 53 heavy (non-hydrogen) atoms. The van der Waals surface area contributed by atoms with E-state index in [1.165, 1.54) is 18.7 Å². The summed E-state index contributed by atoms with van der Waals surface area (Å²) in [6, 6.07) is 42.5. The van der Waals surface area contributed by atoms with E-state index in [0.29, 0.717) is 22.2 Å². The van der Waals surface area contributed by atoms with Gasteiger partial charge in [-0.1, -0.05) is 140 Å². The highest BCUT2D eigenvalue weighted by Gasteiger charge is 2.38. The third kappa shape index (κ3) is 8.67. The molecule has 0 spiro atoms. The van der Waals surface area contributed by atoms with Crippen molar-refractivity contribution in [1.82, 2.24) is 4.98 Å². The predicted octanol–water partition coefficient (Wildman–Crippen LogP) is 9.47. The summed E-state index contributed by atoms with van der Waals surface area (Å²) in [6.07, 6.45) is -1.02. The maximum Gasteiger partial charge on any atom is 0.256 e. The summed E-state index contributed by atoms with van der Waals surface area (Å²) in [4.78, 5) is 29.6. The van der Waals surface area contributed by atoms with Gasteiger partial charge < -0.3 is 24.3 Å². The molecule has 268 valence electrons. The normalized spacial score (nSPS) is 18.4. The highest BCUT2D eigenvalue weighted by atomic mass is 32.2. The summed E-state index contributed by atoms with van der Waals surface area (Å²) in [5.74, 6) is 1.02. The monoisotopic (exact) mass is 724 g/mol. The number of rotatable bonds is 12. The molecule has 1 amide bonds. The Hall–Kier alpha value is -5.32. The first-order valence-corrected chi connectivity index (χ1v) is 18.6. The van der Waals surface area contributed by atoms with E-state index in [0.717, 1.165) is 44.8 Å². The Labute approximate surface area is 313 Å². The summed E-state index contributed by atoms with van der Waals surface area (Å²) < 4.78 is 19.8. The fourth-order valence-corrected chi connectivity index (χ4v) is 7.39. The summed E-state index contributed by atoms with van der Waals surface area (Å²) >= 11 is 1.51. The fraction of sp³-hybridized carbons (Fsp3) is 0.205. The zero-order valence-electron chi connectivity index (χ0n) is 29.5. The quantitative estimate of drug-likeness (QED) is 0.0949. The lowest BCUT2D eigenvalue weighted by Gasteiger charge is -2.41. The molecule has 1 aliphatic rings. The van der Waals surface area contributed by atoms with Crippen molar-refractivity contribution in [3.05, 3.63) is 161 Å². The maximum absolute atomic E-state index is 12.9. The molecule has 2 heterocycles. The van der Waals surface area contributed by atoms with Crippen molar-refractivity contribution >= 4 is 29.1 Å². The van der Waals surface area contributed by atoms with Crippen LogP contribution in [0.4, 0.5) is 5.69 Å². The predicted molar refractivity (Wildman–Crippen MR) is 206 cm³/mol. The van der Waals surface area contributed by atoms with Gasteiger partial charge in [-0.3, -0.25) is 9.59 Å². The van der Waals surface area contributed by atoms with Crippen LogP contribution in [0.15, 0.2) is 143 Å². The van der Waals surface area contributed by atoms with Gasteiger partial charge in [0.05, 0.1) is 25.2 Å². The van der Waals surface area contributed by atoms with Gasteiger partial charge in [0.25, 0.3) is 5.22 Å². The van der Waals surface area contributed by atoms with Crippen LogP contribution >= 0.6 is 11.8 Å². The van der Waals surface area contributed by atoms with Crippen LogP contribution in [0.2, 0.25) is 0 Å². The lowest BCUT2D eigenvalue weighted by molar-refractivity contribution is -0.268. The number of hydrogen-bond acceptors (Lipinski definition) is 8. The van der Waals surface area contributed by atoms with E-state index in [1.807, 2.05) is 109 Å². The molecule has 1 fully saturated rings. The molecule has 2 N–H and O–H groups in total. The largest absolute Gasteiger partial charge is 0.431 e. The number of ketones is 1. The van der Waals surface area contributed by atoms with Crippen molar-refractivity contribution in [2.45, 2.75) is 50.6 Å². The summed E-state index contributed by atoms with van der Waals surface area (Å²) in [7, 11) is 0. The number of benzene rings is 5. The molecular weight excluding hydrogens is 685 g/mol. The third-order valence-corrected chi connectivity index (χ3v) is 10.3. The van der Waals surface area contributed by atoms with Crippen LogP contribution in [0, 0.1) is 5.92 Å². The van der Waals surface area contributed by atoms with E-state index in [4.69, 9.17) is 18.9 Å². The first-order chi connectivity index (χ1) is 25.8. The third-order valence-electron chi connectivity index (χ3n) is 9.35. The number of amides is 1. The van der Waals surface area contributed by atoms with Gasteiger partial charge in [0.15, 0.2) is 17.8 Å². The fourth-order valence-electron chi connectivity index (χ4n) is 6.40. The molecule has 1 saturated heterocycles. The number of aliphatic hydroxyl groups is 1. The van der Waals surface area contributed by atoms with Crippen LogP contribution in [0.25, 0.3) is 22.6 Å². The molecule has 1 aliphatic heterocycles. The van der Waals surface area contributed by atoms with Gasteiger partial charge in [-0.25, -0.2) is 4.98 Å². The average Bonchev–Trinajstić information content (AvgIpc) is 3.63. The van der Waals surface area contributed by atoms with Crippen LogP contribution in [0.3, 0.4) is 0 Å². The Morgan fingerprint density at radius 3 is 2.11 bits per heavy atom. The minimum absolute atomic E-state index is 0.0275. The maximum atomic E-state index is 12.9. The number of carbonyl (C=O) groups is 2. The topological polar surface area (TPSA) is 111 Å². The Kier molecular flexibility index (Phi) is 11.3. The first-order valence-electron chi connectivity index (χ1n) is 17.6. The Bertz CT molecular complexity index is 2100. The Morgan fingerprint density at radius 2 is 1.43 bits per heavy atom. The molecule has 0 bridgehead atoms. The minimum atomic E-state index is -0.666. The van der Waals surface area contributed by atoms with E-state index in [-0.39, 0.29) is 42.8 Å². The van der Waals surface area contributed by atoms with Crippen molar-refractivity contribution in [1.29, 1.82) is 0 Å². The number of aromatic nitrogens is 1. The van der Waals surface area contributed by atoms with Crippen LogP contribution in [-0.2, 0) is 27.3 Å². The number of nitrogens with zero attached hydrogens (tertiary/aromatic N) is 1. The smallest absolute Gasteiger partial charge is 0.256 e. The van der Waals surface area contributed by atoms with Gasteiger partial charge in [-0.2, -0.15) is 0 Å². The number of aliphatic hydroxyl groups excluding tert-OH is 1. The van der Waals surface area contributed by atoms with Crippen molar-refractivity contribution in [3.63, 3.8) is 0 Å². The van der Waals surface area contributed by atoms with Gasteiger partial charge in [-0.15, -0.1) is 0 Å². The van der Waals surface area contributed by atoms with Gasteiger partial charge in [0.1, 0.15) is 5.69 Å². The summed E-state index contributed by atoms with van der Waals surface area (Å²) in [5.41, 5.74) is 7.33. The summed E-state index contributed by atoms with van der Waals surface area (Å²) in [5, 5.41) is 13.1. The van der Waals surface area contributed by atoms with Crippen molar-refractivity contribution in [2.75, 3.05) is 11.1 Å². The molecule has 5 aromatic carbocycles. The standard InChI is InChI=1S/C44H40N2O6S/c1-28-38(27-53-44-46-40(32-10-5-3-6-11-32)42(52-44)33-12-7-4-8-13-33)50-43(51-41(28)34-20-18-31(26-47)19-21-34)35-22-16-30(17-23-35)24-39(49)45-37-15-9-14-36(25-37)29(2)48/h3-23,25,28,38,41,43,47H,24,26-27H2,1-2H3,(H,45,49). The first kappa shape index (κ1) is 36.1. The number of ether oxygens (including phenoxy) is 2. The van der Waals surface area contributed by atoms with Gasteiger partial charge in [0.2, 0.25) is 5.91 Å². The number of anilines is 1. The van der Waals surface area contributed by atoms with Crippen LogP contribution < -0.4 is 5.32 Å². The second-order valence-corrected chi connectivity index (χ2v) is 14.1. The van der Waals surface area contributed by atoms with E-state index in [1.54, 1.807) is 24.3 Å². The second kappa shape index (κ2) is 16.6. The molecule has 7 rings (SSSR count). The number of carbonyl (C=O) groups excluding carboxylic acids is 2. The zero-order valence-corrected chi connectivity index (χ0v) is 30.3. The van der Waals surface area contributed by atoms with Crippen LogP contribution in [-0.4, -0.2) is 33.6 Å². The van der Waals surface area contributed by atoms with Crippen LogP contribution in [0.1, 0.15) is 58.9 Å². The van der Waals surface area contributed by atoms with Crippen molar-refractivity contribution in [3.8, 4) is 22.6 Å². The van der Waals surface area contributed by atoms with Crippen molar-refractivity contribution < 1.29 is 28.6 Å².